The molecule has 1 fully saturated rings. The number of nitrogens with zero attached hydrogens (tertiary/aromatic N) is 2. The lowest BCUT2D eigenvalue weighted by atomic mass is 9.89. The van der Waals surface area contributed by atoms with Gasteiger partial charge in [-0.15, -0.1) is 0 Å². The molecule has 1 heterocycles. The Hall–Kier alpha value is -2.86. The number of phenolic OH excluding ortho intramolecular Hbond substituents is 1. The number of hydrogen-bond acceptors (Lipinski definition) is 4. The third-order valence-electron chi connectivity index (χ3n) is 6.21. The molecule has 1 aliphatic heterocycles. The number of fused-ring (bicyclic) bond motifs is 1. The van der Waals surface area contributed by atoms with Crippen LogP contribution in [0.4, 0.5) is 11.4 Å². The summed E-state index contributed by atoms with van der Waals surface area (Å²) in [4.78, 5) is 30.6. The van der Waals surface area contributed by atoms with Gasteiger partial charge < -0.3 is 10.4 Å². The number of hydrogen-bond donors (Lipinski definition) is 2. The minimum Gasteiger partial charge on any atom is -0.508 e. The summed E-state index contributed by atoms with van der Waals surface area (Å²) in [7, 11) is 0. The molecule has 0 atom stereocenters. The highest BCUT2D eigenvalue weighted by molar-refractivity contribution is 6.15. The van der Waals surface area contributed by atoms with E-state index in [9.17, 15) is 14.7 Å². The molecule has 2 amide bonds. The molecule has 0 bridgehead atoms. The highest BCUT2D eigenvalue weighted by Gasteiger charge is 2.52. The summed E-state index contributed by atoms with van der Waals surface area (Å²) in [6.45, 7) is 3.49. The monoisotopic (exact) mass is 407 g/mol. The van der Waals surface area contributed by atoms with Gasteiger partial charge in [-0.25, -0.2) is 0 Å². The van der Waals surface area contributed by atoms with Crippen molar-refractivity contribution in [3.05, 3.63) is 54.1 Å². The summed E-state index contributed by atoms with van der Waals surface area (Å²) in [6, 6.07) is 14.8. The lowest BCUT2D eigenvalue weighted by Gasteiger charge is -2.45. The molecule has 158 valence electrons. The maximum absolute atomic E-state index is 13.7. The molecule has 0 radical (unpaired) electrons. The first kappa shape index (κ1) is 20.4. The molecule has 1 aliphatic carbocycles. The first-order valence-electron chi connectivity index (χ1n) is 10.8. The molecule has 0 saturated heterocycles. The van der Waals surface area contributed by atoms with Gasteiger partial charge in [0.25, 0.3) is 5.91 Å². The molecule has 0 unspecified atom stereocenters. The maximum atomic E-state index is 13.7. The van der Waals surface area contributed by atoms with Gasteiger partial charge in [-0.3, -0.25) is 19.4 Å². The average molecular weight is 408 g/mol. The van der Waals surface area contributed by atoms with Gasteiger partial charge in [0, 0.05) is 12.1 Å². The van der Waals surface area contributed by atoms with E-state index in [0.717, 1.165) is 37.1 Å². The topological polar surface area (TPSA) is 72.9 Å². The molecule has 6 nitrogen and oxygen atoms in total. The quantitative estimate of drug-likeness (QED) is 0.762. The Balaban J connectivity index is 1.63. The normalized spacial score (nSPS) is 17.3. The first-order valence-corrected chi connectivity index (χ1v) is 10.8. The molecule has 0 aromatic heterocycles. The molecule has 2 aromatic carbocycles. The number of benzene rings is 2. The number of anilines is 2. The van der Waals surface area contributed by atoms with Crippen LogP contribution in [0.3, 0.4) is 0 Å². The Labute approximate surface area is 177 Å². The molecule has 1 saturated carbocycles. The number of carbonyl (C=O) groups excluding carboxylic acids is 2. The van der Waals surface area contributed by atoms with Crippen molar-refractivity contribution in [2.24, 2.45) is 0 Å². The minimum absolute atomic E-state index is 0.0666. The molecule has 4 rings (SSSR count). The highest BCUT2D eigenvalue weighted by atomic mass is 16.3. The lowest BCUT2D eigenvalue weighted by molar-refractivity contribution is -0.128. The predicted octanol–water partition coefficient (Wildman–Crippen LogP) is 3.90. The Bertz CT molecular complexity index is 937. The largest absolute Gasteiger partial charge is 0.508 e. The van der Waals surface area contributed by atoms with Crippen LogP contribution in [0, 0.1) is 0 Å². The average Bonchev–Trinajstić information content (AvgIpc) is 3.21. The number of nitrogens with one attached hydrogen (secondary N) is 1. The van der Waals surface area contributed by atoms with E-state index in [-0.39, 0.29) is 24.1 Å². The first-order chi connectivity index (χ1) is 14.5. The standard InChI is InChI=1S/C24H29N3O3/c1-2-15-26(16-18-9-3-6-12-21(18)28)17-22(29)27-20-11-5-4-10-19(20)25-23(30)24(27)13-7-8-14-24/h3-6,9-12,28H,2,7-8,13-17H2,1H3,(H,25,30). The van der Waals surface area contributed by atoms with E-state index >= 15 is 0 Å². The number of carbonyl (C=O) groups is 2. The number of para-hydroxylation sites is 3. The zero-order chi connectivity index (χ0) is 21.1. The van der Waals surface area contributed by atoms with Gasteiger partial charge >= 0.3 is 0 Å². The fraction of sp³-hybridized carbons (Fsp3) is 0.417. The summed E-state index contributed by atoms with van der Waals surface area (Å²) >= 11 is 0. The van der Waals surface area contributed by atoms with Crippen LogP contribution in [0.1, 0.15) is 44.6 Å². The van der Waals surface area contributed by atoms with E-state index < -0.39 is 5.54 Å². The van der Waals surface area contributed by atoms with E-state index in [1.165, 1.54) is 0 Å². The minimum atomic E-state index is -0.793. The second kappa shape index (κ2) is 8.48. The van der Waals surface area contributed by atoms with Gasteiger partial charge in [-0.1, -0.05) is 50.1 Å². The summed E-state index contributed by atoms with van der Waals surface area (Å²) in [5.74, 6) is 0.0962. The number of phenols is 1. The fourth-order valence-electron chi connectivity index (χ4n) is 4.81. The molecule has 2 aromatic rings. The van der Waals surface area contributed by atoms with Gasteiger partial charge in [0.2, 0.25) is 5.91 Å². The van der Waals surface area contributed by atoms with Crippen LogP contribution in [-0.2, 0) is 16.1 Å². The van der Waals surface area contributed by atoms with Crippen LogP contribution in [0.5, 0.6) is 5.75 Å². The lowest BCUT2D eigenvalue weighted by Crippen LogP contribution is -2.62. The SMILES string of the molecule is CCCN(CC(=O)N1c2ccccc2NC(=O)C12CCCC2)Cc1ccccc1O. The second-order valence-electron chi connectivity index (χ2n) is 8.28. The van der Waals surface area contributed by atoms with Crippen molar-refractivity contribution in [1.29, 1.82) is 0 Å². The van der Waals surface area contributed by atoms with Gasteiger partial charge in [0.05, 0.1) is 17.9 Å². The maximum Gasteiger partial charge on any atom is 0.250 e. The van der Waals surface area contributed by atoms with Crippen LogP contribution >= 0.6 is 0 Å². The van der Waals surface area contributed by atoms with Gasteiger partial charge in [-0.2, -0.15) is 0 Å². The summed E-state index contributed by atoms with van der Waals surface area (Å²) in [5, 5.41) is 13.2. The Morgan fingerprint density at radius 2 is 1.83 bits per heavy atom. The van der Waals surface area contributed by atoms with Crippen molar-refractivity contribution >= 4 is 23.2 Å². The Morgan fingerprint density at radius 3 is 2.57 bits per heavy atom. The summed E-state index contributed by atoms with van der Waals surface area (Å²) in [5.41, 5.74) is 1.48. The third kappa shape index (κ3) is 3.67. The van der Waals surface area contributed by atoms with Gasteiger partial charge in [-0.05, 0) is 44.0 Å². The summed E-state index contributed by atoms with van der Waals surface area (Å²) < 4.78 is 0. The van der Waals surface area contributed by atoms with E-state index in [2.05, 4.69) is 17.1 Å². The zero-order valence-corrected chi connectivity index (χ0v) is 17.4. The number of aromatic hydroxyl groups is 1. The second-order valence-corrected chi connectivity index (χ2v) is 8.28. The van der Waals surface area contributed by atoms with Crippen molar-refractivity contribution < 1.29 is 14.7 Å². The van der Waals surface area contributed by atoms with Crippen molar-refractivity contribution in [3.8, 4) is 5.75 Å². The van der Waals surface area contributed by atoms with Gasteiger partial charge in [0.15, 0.2) is 0 Å². The number of amides is 2. The smallest absolute Gasteiger partial charge is 0.250 e. The molecule has 30 heavy (non-hydrogen) atoms. The van der Waals surface area contributed by atoms with Crippen molar-refractivity contribution in [3.63, 3.8) is 0 Å². The zero-order valence-electron chi connectivity index (χ0n) is 17.4. The van der Waals surface area contributed by atoms with Crippen LogP contribution in [0.2, 0.25) is 0 Å². The molecule has 2 aliphatic rings. The van der Waals surface area contributed by atoms with Crippen molar-refractivity contribution in [2.75, 3.05) is 23.3 Å². The van der Waals surface area contributed by atoms with Crippen LogP contribution in [0.25, 0.3) is 0 Å². The summed E-state index contributed by atoms with van der Waals surface area (Å²) in [6.07, 6.45) is 4.15. The molecule has 1 spiro atoms. The van der Waals surface area contributed by atoms with E-state index in [1.54, 1.807) is 17.0 Å². The van der Waals surface area contributed by atoms with E-state index in [4.69, 9.17) is 0 Å². The number of rotatable bonds is 6. The van der Waals surface area contributed by atoms with E-state index in [1.807, 2.05) is 36.4 Å². The van der Waals surface area contributed by atoms with Gasteiger partial charge in [0.1, 0.15) is 11.3 Å². The van der Waals surface area contributed by atoms with Crippen LogP contribution < -0.4 is 10.2 Å². The Kier molecular flexibility index (Phi) is 5.77. The van der Waals surface area contributed by atoms with E-state index in [0.29, 0.717) is 25.1 Å². The molecular weight excluding hydrogens is 378 g/mol. The van der Waals surface area contributed by atoms with Crippen molar-refractivity contribution in [2.45, 2.75) is 51.1 Å². The fourth-order valence-corrected chi connectivity index (χ4v) is 4.81. The van der Waals surface area contributed by atoms with Crippen LogP contribution in [-0.4, -0.2) is 40.4 Å². The predicted molar refractivity (Wildman–Crippen MR) is 117 cm³/mol. The highest BCUT2D eigenvalue weighted by Crippen LogP contribution is 2.45. The molecule has 2 N–H and O–H groups in total. The van der Waals surface area contributed by atoms with Crippen LogP contribution in [0.15, 0.2) is 48.5 Å². The third-order valence-corrected chi connectivity index (χ3v) is 6.21. The van der Waals surface area contributed by atoms with Crippen molar-refractivity contribution in [1.82, 2.24) is 4.90 Å². The Morgan fingerprint density at radius 1 is 1.13 bits per heavy atom. The molecule has 6 heteroatoms. The molecular formula is C24H29N3O3.